The first kappa shape index (κ1) is 22.2. The lowest BCUT2D eigenvalue weighted by atomic mass is 10.00. The van der Waals surface area contributed by atoms with Crippen LogP contribution in [0.4, 0.5) is 4.79 Å². The van der Waals surface area contributed by atoms with E-state index in [2.05, 4.69) is 5.32 Å². The van der Waals surface area contributed by atoms with Crippen LogP contribution in [0.2, 0.25) is 0 Å². The molecule has 8 nitrogen and oxygen atoms in total. The Hall–Kier alpha value is -3.13. The molecule has 4 N–H and O–H groups in total. The van der Waals surface area contributed by atoms with Crippen LogP contribution in [0.25, 0.3) is 10.8 Å². The van der Waals surface area contributed by atoms with Gasteiger partial charge in [-0.2, -0.15) is 0 Å². The lowest BCUT2D eigenvalue weighted by Gasteiger charge is -2.28. The van der Waals surface area contributed by atoms with E-state index in [4.69, 9.17) is 5.11 Å². The molecule has 0 aromatic heterocycles. The second-order valence-electron chi connectivity index (χ2n) is 7.36. The van der Waals surface area contributed by atoms with E-state index in [1.54, 1.807) is 6.07 Å². The first-order valence-electron chi connectivity index (χ1n) is 9.34. The molecule has 156 valence electrons. The molecule has 0 saturated heterocycles. The van der Waals surface area contributed by atoms with Crippen LogP contribution in [-0.2, 0) is 9.59 Å². The van der Waals surface area contributed by atoms with Crippen LogP contribution >= 0.6 is 0 Å². The molecule has 2 aromatic rings. The second-order valence-corrected chi connectivity index (χ2v) is 7.36. The van der Waals surface area contributed by atoms with Gasteiger partial charge in [0.1, 0.15) is 0 Å². The third-order valence-corrected chi connectivity index (χ3v) is 4.40. The Bertz CT molecular complexity index is 882. The molecule has 2 atom stereocenters. The van der Waals surface area contributed by atoms with E-state index in [1.165, 1.54) is 4.90 Å². The van der Waals surface area contributed by atoms with Gasteiger partial charge < -0.3 is 25.5 Å². The molecule has 2 aromatic carbocycles. The van der Waals surface area contributed by atoms with E-state index in [-0.39, 0.29) is 18.9 Å². The number of carboxylic acids is 2. The minimum atomic E-state index is -1.72. The summed E-state index contributed by atoms with van der Waals surface area (Å²) in [5, 5.41) is 32.5. The van der Waals surface area contributed by atoms with Crippen molar-refractivity contribution in [1.82, 2.24) is 10.2 Å². The predicted molar refractivity (Wildman–Crippen MR) is 108 cm³/mol. The average molecular weight is 402 g/mol. The Morgan fingerprint density at radius 2 is 1.66 bits per heavy atom. The number of nitrogens with zero attached hydrogens (tertiary/aromatic N) is 1. The average Bonchev–Trinajstić information content (AvgIpc) is 2.65. The van der Waals surface area contributed by atoms with Crippen LogP contribution in [0.15, 0.2) is 42.5 Å². The molecule has 2 unspecified atom stereocenters. The number of amides is 2. The Morgan fingerprint density at radius 1 is 1.00 bits per heavy atom. The number of urea groups is 1. The molecule has 0 bridgehead atoms. The fourth-order valence-corrected chi connectivity index (χ4v) is 3.06. The number of hydrogen-bond acceptors (Lipinski definition) is 4. The molecular formula is C21H26N2O6. The monoisotopic (exact) mass is 402 g/mol. The minimum Gasteiger partial charge on any atom is -0.481 e. The first-order valence-corrected chi connectivity index (χ1v) is 9.34. The summed E-state index contributed by atoms with van der Waals surface area (Å²) in [5.74, 6) is -2.48. The Morgan fingerprint density at radius 3 is 2.24 bits per heavy atom. The number of aliphatic hydroxyl groups excluding tert-OH is 1. The number of nitrogens with one attached hydrogen (secondary N) is 1. The number of carboxylic acid groups (broad SMARTS) is 2. The summed E-state index contributed by atoms with van der Waals surface area (Å²) in [6.45, 7) is 3.53. The summed E-state index contributed by atoms with van der Waals surface area (Å²) in [6.07, 6.45) is -2.06. The standard InChI is InChI=1S/C21H26N2O6/c1-13(2)11-23(12-18(24)20(27)28)21(29)22-17(10-19(25)26)16-8-7-14-5-3-4-6-15(14)9-16/h3-9,13,17-18,24H,10-12H2,1-2H3,(H,22,29)(H,25,26)(H,27,28). The van der Waals surface area contributed by atoms with Gasteiger partial charge >= 0.3 is 18.0 Å². The molecule has 0 aliphatic rings. The molecular weight excluding hydrogens is 376 g/mol. The van der Waals surface area contributed by atoms with Crippen molar-refractivity contribution in [3.63, 3.8) is 0 Å². The summed E-state index contributed by atoms with van der Waals surface area (Å²) in [7, 11) is 0. The number of carbonyl (C=O) groups is 3. The minimum absolute atomic E-state index is 0.0281. The third kappa shape index (κ3) is 6.46. The molecule has 0 spiro atoms. The number of rotatable bonds is 9. The lowest BCUT2D eigenvalue weighted by molar-refractivity contribution is -0.147. The van der Waals surface area contributed by atoms with Crippen LogP contribution in [0.1, 0.15) is 31.9 Å². The highest BCUT2D eigenvalue weighted by atomic mass is 16.4. The zero-order chi connectivity index (χ0) is 21.6. The quantitative estimate of drug-likeness (QED) is 0.510. The van der Waals surface area contributed by atoms with Gasteiger partial charge in [0, 0.05) is 6.54 Å². The van der Waals surface area contributed by atoms with Gasteiger partial charge in [-0.25, -0.2) is 9.59 Å². The van der Waals surface area contributed by atoms with Crippen molar-refractivity contribution in [2.45, 2.75) is 32.4 Å². The van der Waals surface area contributed by atoms with E-state index in [9.17, 15) is 24.6 Å². The van der Waals surface area contributed by atoms with E-state index in [0.29, 0.717) is 5.56 Å². The number of benzene rings is 2. The van der Waals surface area contributed by atoms with Gasteiger partial charge in [-0.1, -0.05) is 50.2 Å². The fourth-order valence-electron chi connectivity index (χ4n) is 3.06. The van der Waals surface area contributed by atoms with Crippen molar-refractivity contribution >= 4 is 28.7 Å². The number of carbonyl (C=O) groups excluding carboxylic acids is 1. The van der Waals surface area contributed by atoms with Gasteiger partial charge in [-0.3, -0.25) is 4.79 Å². The summed E-state index contributed by atoms with van der Waals surface area (Å²) >= 11 is 0. The van der Waals surface area contributed by atoms with Crippen molar-refractivity contribution in [3.8, 4) is 0 Å². The highest BCUT2D eigenvalue weighted by molar-refractivity contribution is 5.84. The molecule has 0 aliphatic heterocycles. The number of aliphatic hydroxyl groups is 1. The maximum absolute atomic E-state index is 12.8. The second kappa shape index (κ2) is 9.88. The molecule has 0 fully saturated rings. The van der Waals surface area contributed by atoms with Gasteiger partial charge in [-0.15, -0.1) is 0 Å². The zero-order valence-corrected chi connectivity index (χ0v) is 16.4. The van der Waals surface area contributed by atoms with Gasteiger partial charge in [-0.05, 0) is 28.3 Å². The SMILES string of the molecule is CC(C)CN(CC(O)C(=O)O)C(=O)NC(CC(=O)O)c1ccc2ccccc2c1. The van der Waals surface area contributed by atoms with Crippen LogP contribution in [0, 0.1) is 5.92 Å². The normalized spacial score (nSPS) is 13.1. The first-order chi connectivity index (χ1) is 13.7. The zero-order valence-electron chi connectivity index (χ0n) is 16.4. The molecule has 2 amide bonds. The van der Waals surface area contributed by atoms with Crippen molar-refractivity contribution in [2.24, 2.45) is 5.92 Å². The van der Waals surface area contributed by atoms with Gasteiger partial charge in [0.25, 0.3) is 0 Å². The topological polar surface area (TPSA) is 127 Å². The Balaban J connectivity index is 2.26. The van der Waals surface area contributed by atoms with E-state index < -0.39 is 36.7 Å². The Labute approximate surface area is 168 Å². The molecule has 0 heterocycles. The predicted octanol–water partition coefficient (Wildman–Crippen LogP) is 2.47. The maximum atomic E-state index is 12.8. The highest BCUT2D eigenvalue weighted by Gasteiger charge is 2.26. The van der Waals surface area contributed by atoms with Crippen molar-refractivity contribution in [2.75, 3.05) is 13.1 Å². The summed E-state index contributed by atoms with van der Waals surface area (Å²) in [5.41, 5.74) is 0.628. The summed E-state index contributed by atoms with van der Waals surface area (Å²) in [6, 6.07) is 11.6. The molecule has 29 heavy (non-hydrogen) atoms. The van der Waals surface area contributed by atoms with Gasteiger partial charge in [0.05, 0.1) is 19.0 Å². The number of aliphatic carboxylic acids is 2. The Kier molecular flexibility index (Phi) is 7.55. The van der Waals surface area contributed by atoms with E-state index in [0.717, 1.165) is 10.8 Å². The largest absolute Gasteiger partial charge is 0.481 e. The van der Waals surface area contributed by atoms with Crippen LogP contribution in [-0.4, -0.2) is 57.4 Å². The van der Waals surface area contributed by atoms with Crippen LogP contribution in [0.3, 0.4) is 0 Å². The molecule has 0 aliphatic carbocycles. The molecule has 8 heteroatoms. The maximum Gasteiger partial charge on any atom is 0.334 e. The third-order valence-electron chi connectivity index (χ3n) is 4.40. The van der Waals surface area contributed by atoms with Crippen molar-refractivity contribution in [3.05, 3.63) is 48.0 Å². The lowest BCUT2D eigenvalue weighted by Crippen LogP contribution is -2.48. The van der Waals surface area contributed by atoms with Crippen LogP contribution < -0.4 is 5.32 Å². The summed E-state index contributed by atoms with van der Waals surface area (Å²) in [4.78, 5) is 36.3. The number of hydrogen-bond donors (Lipinski definition) is 4. The van der Waals surface area contributed by atoms with Crippen molar-refractivity contribution in [1.29, 1.82) is 0 Å². The molecule has 0 saturated carbocycles. The van der Waals surface area contributed by atoms with E-state index in [1.807, 2.05) is 50.2 Å². The number of fused-ring (bicyclic) bond motifs is 1. The van der Waals surface area contributed by atoms with E-state index >= 15 is 0 Å². The fraction of sp³-hybridized carbons (Fsp3) is 0.381. The highest BCUT2D eigenvalue weighted by Crippen LogP contribution is 2.23. The summed E-state index contributed by atoms with van der Waals surface area (Å²) < 4.78 is 0. The van der Waals surface area contributed by atoms with Gasteiger partial charge in [0.15, 0.2) is 6.10 Å². The van der Waals surface area contributed by atoms with Crippen LogP contribution in [0.5, 0.6) is 0 Å². The smallest absolute Gasteiger partial charge is 0.334 e. The van der Waals surface area contributed by atoms with Crippen molar-refractivity contribution < 1.29 is 29.7 Å². The van der Waals surface area contributed by atoms with Gasteiger partial charge in [0.2, 0.25) is 0 Å². The molecule has 0 radical (unpaired) electrons. The molecule has 2 rings (SSSR count).